The van der Waals surface area contributed by atoms with Crippen molar-refractivity contribution in [2.45, 2.75) is 0 Å². The smallest absolute Gasteiger partial charge is 0.156 e. The van der Waals surface area contributed by atoms with Crippen molar-refractivity contribution in [2.24, 2.45) is 0 Å². The van der Waals surface area contributed by atoms with Crippen LogP contribution in [0.3, 0.4) is 0 Å². The molecule has 0 saturated carbocycles. The Kier molecular flexibility index (Phi) is 3.70. The van der Waals surface area contributed by atoms with Crippen molar-refractivity contribution in [1.29, 1.82) is 0 Å². The first-order chi connectivity index (χ1) is 12.8. The quantitative estimate of drug-likeness (QED) is 0.339. The van der Waals surface area contributed by atoms with Crippen molar-refractivity contribution in [2.75, 3.05) is 0 Å². The van der Waals surface area contributed by atoms with Crippen LogP contribution >= 0.6 is 22.9 Å². The minimum absolute atomic E-state index is 0.438. The molecule has 4 heteroatoms. The van der Waals surface area contributed by atoms with Gasteiger partial charge in [-0.05, 0) is 17.2 Å². The lowest BCUT2D eigenvalue weighted by atomic mass is 10.0. The summed E-state index contributed by atoms with van der Waals surface area (Å²) in [6, 6.07) is 26.8. The zero-order chi connectivity index (χ0) is 17.5. The van der Waals surface area contributed by atoms with E-state index in [4.69, 9.17) is 16.6 Å². The van der Waals surface area contributed by atoms with Crippen molar-refractivity contribution in [3.8, 4) is 22.4 Å². The molecule has 0 bridgehead atoms. The molecule has 0 aliphatic carbocycles. The van der Waals surface area contributed by atoms with E-state index in [1.54, 1.807) is 11.3 Å². The SMILES string of the molecule is Clc1nc2c(nc1-c1ccc(-c3ccccc3)cc1)sc1ccccc12. The summed E-state index contributed by atoms with van der Waals surface area (Å²) in [5.41, 5.74) is 4.93. The van der Waals surface area contributed by atoms with Crippen molar-refractivity contribution >= 4 is 43.4 Å². The van der Waals surface area contributed by atoms with Gasteiger partial charge in [0.15, 0.2) is 5.15 Å². The van der Waals surface area contributed by atoms with Gasteiger partial charge in [-0.1, -0.05) is 84.4 Å². The minimum atomic E-state index is 0.438. The highest BCUT2D eigenvalue weighted by Gasteiger charge is 2.13. The second kappa shape index (κ2) is 6.20. The van der Waals surface area contributed by atoms with E-state index in [2.05, 4.69) is 53.5 Å². The van der Waals surface area contributed by atoms with Gasteiger partial charge in [-0.3, -0.25) is 0 Å². The monoisotopic (exact) mass is 372 g/mol. The fourth-order valence-corrected chi connectivity index (χ4v) is 4.39. The summed E-state index contributed by atoms with van der Waals surface area (Å²) < 4.78 is 1.18. The van der Waals surface area contributed by atoms with Crippen molar-refractivity contribution < 1.29 is 0 Å². The lowest BCUT2D eigenvalue weighted by Gasteiger charge is -2.06. The molecule has 0 aliphatic rings. The van der Waals surface area contributed by atoms with E-state index in [0.29, 0.717) is 5.15 Å². The molecule has 0 aliphatic heterocycles. The second-order valence-corrected chi connectivity index (χ2v) is 7.45. The molecule has 5 aromatic rings. The minimum Gasteiger partial charge on any atom is -0.232 e. The van der Waals surface area contributed by atoms with Gasteiger partial charge < -0.3 is 0 Å². The topological polar surface area (TPSA) is 25.8 Å². The number of halogens is 1. The van der Waals surface area contributed by atoms with Gasteiger partial charge in [0.25, 0.3) is 0 Å². The van der Waals surface area contributed by atoms with E-state index in [9.17, 15) is 0 Å². The number of fused-ring (bicyclic) bond motifs is 3. The zero-order valence-electron chi connectivity index (χ0n) is 13.7. The summed E-state index contributed by atoms with van der Waals surface area (Å²) in [5, 5.41) is 1.54. The highest BCUT2D eigenvalue weighted by Crippen LogP contribution is 2.35. The molecule has 124 valence electrons. The van der Waals surface area contributed by atoms with Gasteiger partial charge in [0.05, 0.1) is 0 Å². The predicted octanol–water partition coefficient (Wildman–Crippen LogP) is 6.83. The van der Waals surface area contributed by atoms with Gasteiger partial charge in [-0.2, -0.15) is 0 Å². The van der Waals surface area contributed by atoms with Crippen LogP contribution in [0.25, 0.3) is 42.8 Å². The average molecular weight is 373 g/mol. The average Bonchev–Trinajstić information content (AvgIpc) is 3.06. The third kappa shape index (κ3) is 2.57. The van der Waals surface area contributed by atoms with Crippen LogP contribution < -0.4 is 0 Å². The molecule has 2 heterocycles. The maximum Gasteiger partial charge on any atom is 0.156 e. The molecule has 26 heavy (non-hydrogen) atoms. The number of aromatic nitrogens is 2. The fourth-order valence-electron chi connectivity index (χ4n) is 3.14. The number of hydrogen-bond donors (Lipinski definition) is 0. The molecule has 0 fully saturated rings. The first kappa shape index (κ1) is 15.5. The number of nitrogens with zero attached hydrogens (tertiary/aromatic N) is 2. The van der Waals surface area contributed by atoms with E-state index in [0.717, 1.165) is 27.0 Å². The van der Waals surface area contributed by atoms with E-state index in [-0.39, 0.29) is 0 Å². The first-order valence-electron chi connectivity index (χ1n) is 8.30. The second-order valence-electron chi connectivity index (χ2n) is 6.06. The lowest BCUT2D eigenvalue weighted by molar-refractivity contribution is 1.32. The molecular weight excluding hydrogens is 360 g/mol. The molecule has 5 rings (SSSR count). The molecule has 0 saturated heterocycles. The van der Waals surface area contributed by atoms with E-state index < -0.39 is 0 Å². The third-order valence-electron chi connectivity index (χ3n) is 4.44. The summed E-state index contributed by atoms with van der Waals surface area (Å²) in [5.74, 6) is 0. The lowest BCUT2D eigenvalue weighted by Crippen LogP contribution is -1.89. The Balaban J connectivity index is 1.62. The maximum atomic E-state index is 6.48. The summed E-state index contributed by atoms with van der Waals surface area (Å²) in [7, 11) is 0. The molecular formula is C22H13ClN2S. The molecule has 2 aromatic heterocycles. The Morgan fingerprint density at radius 1 is 0.654 bits per heavy atom. The molecule has 0 N–H and O–H groups in total. The highest BCUT2D eigenvalue weighted by atomic mass is 35.5. The third-order valence-corrected chi connectivity index (χ3v) is 5.75. The van der Waals surface area contributed by atoms with E-state index >= 15 is 0 Å². The van der Waals surface area contributed by atoms with Crippen LogP contribution in [0.2, 0.25) is 5.15 Å². The van der Waals surface area contributed by atoms with Gasteiger partial charge in [0.2, 0.25) is 0 Å². The normalized spacial score (nSPS) is 11.3. The van der Waals surface area contributed by atoms with Gasteiger partial charge in [-0.25, -0.2) is 9.97 Å². The molecule has 2 nitrogen and oxygen atoms in total. The molecule has 0 amide bonds. The number of rotatable bonds is 2. The Morgan fingerprint density at radius 3 is 2.12 bits per heavy atom. The first-order valence-corrected chi connectivity index (χ1v) is 9.50. The Morgan fingerprint density at radius 2 is 1.31 bits per heavy atom. The molecule has 0 unspecified atom stereocenters. The Labute approximate surface area is 159 Å². The Hall–Kier alpha value is -2.75. The van der Waals surface area contributed by atoms with Gasteiger partial charge in [0.1, 0.15) is 16.0 Å². The van der Waals surface area contributed by atoms with Gasteiger partial charge in [-0.15, -0.1) is 11.3 Å². The molecule has 3 aromatic carbocycles. The van der Waals surface area contributed by atoms with Gasteiger partial charge in [0, 0.05) is 15.6 Å². The summed E-state index contributed by atoms with van der Waals surface area (Å²) in [4.78, 5) is 10.4. The van der Waals surface area contributed by atoms with Crippen LogP contribution in [0.5, 0.6) is 0 Å². The summed E-state index contributed by atoms with van der Waals surface area (Å²) in [6.45, 7) is 0. The summed E-state index contributed by atoms with van der Waals surface area (Å²) in [6.07, 6.45) is 0. The number of benzene rings is 3. The van der Waals surface area contributed by atoms with Crippen LogP contribution in [0.15, 0.2) is 78.9 Å². The van der Waals surface area contributed by atoms with Crippen molar-refractivity contribution in [3.05, 3.63) is 84.0 Å². The molecule has 0 atom stereocenters. The molecule has 0 radical (unpaired) electrons. The standard InChI is InChI=1S/C22H13ClN2S/c23-21-19(16-12-10-15(11-13-16)14-6-2-1-3-7-14)25-22-20(24-21)17-8-4-5-9-18(17)26-22/h1-13H. The fraction of sp³-hybridized carbons (Fsp3) is 0. The zero-order valence-corrected chi connectivity index (χ0v) is 15.3. The maximum absolute atomic E-state index is 6.48. The van der Waals surface area contributed by atoms with Crippen molar-refractivity contribution in [3.63, 3.8) is 0 Å². The van der Waals surface area contributed by atoms with Gasteiger partial charge >= 0.3 is 0 Å². The van der Waals surface area contributed by atoms with Crippen LogP contribution in [0, 0.1) is 0 Å². The van der Waals surface area contributed by atoms with Crippen LogP contribution in [-0.4, -0.2) is 9.97 Å². The van der Waals surface area contributed by atoms with E-state index in [1.165, 1.54) is 15.8 Å². The van der Waals surface area contributed by atoms with Crippen LogP contribution in [0.4, 0.5) is 0 Å². The number of thiophene rings is 1. The number of hydrogen-bond acceptors (Lipinski definition) is 3. The molecule has 0 spiro atoms. The predicted molar refractivity (Wildman–Crippen MR) is 111 cm³/mol. The summed E-state index contributed by atoms with van der Waals surface area (Å²) >= 11 is 8.13. The Bertz CT molecular complexity index is 1230. The van der Waals surface area contributed by atoms with Crippen molar-refractivity contribution in [1.82, 2.24) is 9.97 Å². The van der Waals surface area contributed by atoms with Crippen LogP contribution in [-0.2, 0) is 0 Å². The van der Waals surface area contributed by atoms with E-state index in [1.807, 2.05) is 30.3 Å². The highest BCUT2D eigenvalue weighted by molar-refractivity contribution is 7.25. The van der Waals surface area contributed by atoms with Crippen LogP contribution in [0.1, 0.15) is 0 Å². The largest absolute Gasteiger partial charge is 0.232 e.